The number of nitrogens with two attached hydrogens (primary N) is 1. The highest BCUT2D eigenvalue weighted by molar-refractivity contribution is 5.72. The molecule has 0 amide bonds. The predicted octanol–water partition coefficient (Wildman–Crippen LogP) is 4.93. The number of nitrogens with one attached hydrogen (secondary N) is 1. The van der Waals surface area contributed by atoms with Gasteiger partial charge >= 0.3 is 6.18 Å². The lowest BCUT2D eigenvalue weighted by Gasteiger charge is -2.42. The Bertz CT molecular complexity index is 1200. The molecule has 1 aromatic heterocycles. The topological polar surface area (TPSA) is 87.3 Å². The maximum Gasteiger partial charge on any atom is 0.418 e. The van der Waals surface area contributed by atoms with Crippen LogP contribution in [0.5, 0.6) is 0 Å². The first-order chi connectivity index (χ1) is 16.9. The van der Waals surface area contributed by atoms with Gasteiger partial charge in [-0.05, 0) is 44.1 Å². The Hall–Kier alpha value is -3.73. The lowest BCUT2D eigenvalue weighted by Crippen LogP contribution is -2.56. The van der Waals surface area contributed by atoms with E-state index in [-0.39, 0.29) is 41.6 Å². The minimum atomic E-state index is -4.80. The number of likely N-dealkylation sites (tertiary alicyclic amines) is 1. The van der Waals surface area contributed by atoms with Crippen LogP contribution in [0.2, 0.25) is 0 Å². The maximum atomic E-state index is 14.3. The largest absolute Gasteiger partial charge is 0.418 e. The molecule has 2 aromatic rings. The Morgan fingerprint density at radius 3 is 2.53 bits per heavy atom. The van der Waals surface area contributed by atoms with Crippen LogP contribution in [0.4, 0.5) is 27.6 Å². The molecule has 0 radical (unpaired) electrons. The lowest BCUT2D eigenvalue weighted by atomic mass is 9.91. The average molecular weight is 508 g/mol. The van der Waals surface area contributed by atoms with Crippen molar-refractivity contribution in [1.29, 1.82) is 0 Å². The third-order valence-electron chi connectivity index (χ3n) is 5.72. The van der Waals surface area contributed by atoms with Crippen molar-refractivity contribution >= 4 is 11.4 Å². The fraction of sp³-hybridized carbons (Fsp3) is 0.280. The van der Waals surface area contributed by atoms with Crippen LogP contribution in [-0.4, -0.2) is 44.8 Å². The molecule has 11 heteroatoms. The molecule has 3 rings (SSSR count). The van der Waals surface area contributed by atoms with Gasteiger partial charge in [0.25, 0.3) is 0 Å². The highest BCUT2D eigenvalue weighted by Gasteiger charge is 2.55. The molecule has 36 heavy (non-hydrogen) atoms. The van der Waals surface area contributed by atoms with Crippen molar-refractivity contribution in [1.82, 2.24) is 20.2 Å². The van der Waals surface area contributed by atoms with Crippen LogP contribution in [-0.2, 0) is 0 Å². The van der Waals surface area contributed by atoms with Gasteiger partial charge in [0.15, 0.2) is 11.4 Å². The monoisotopic (exact) mass is 507 g/mol. The number of hydrogen-bond acceptors (Lipinski definition) is 6. The number of benzene rings is 1. The van der Waals surface area contributed by atoms with Crippen LogP contribution in [0.25, 0.3) is 17.1 Å². The van der Waals surface area contributed by atoms with Crippen LogP contribution in [0, 0.1) is 11.6 Å². The fourth-order valence-corrected chi connectivity index (χ4v) is 3.90. The molecule has 1 aromatic carbocycles. The van der Waals surface area contributed by atoms with E-state index in [1.807, 2.05) is 0 Å². The first-order valence-electron chi connectivity index (χ1n) is 11.0. The smallest absolute Gasteiger partial charge is 0.396 e. The summed E-state index contributed by atoms with van der Waals surface area (Å²) in [6.45, 7) is 8.89. The van der Waals surface area contributed by atoms with Crippen molar-refractivity contribution in [2.24, 2.45) is 0 Å². The van der Waals surface area contributed by atoms with Crippen LogP contribution >= 0.6 is 0 Å². The molecule has 1 fully saturated rings. The van der Waals surface area contributed by atoms with Crippen molar-refractivity contribution in [3.8, 4) is 11.4 Å². The molecule has 0 aliphatic carbocycles. The highest BCUT2D eigenvalue weighted by Crippen LogP contribution is 2.38. The maximum absolute atomic E-state index is 14.3. The van der Waals surface area contributed by atoms with Crippen LogP contribution in [0.15, 0.2) is 67.2 Å². The number of aromatic nitrogens is 2. The summed E-state index contributed by atoms with van der Waals surface area (Å²) < 4.78 is 69.0. The molecule has 1 saturated heterocycles. The molecule has 1 unspecified atom stereocenters. The van der Waals surface area contributed by atoms with Gasteiger partial charge in [-0.25, -0.2) is 18.7 Å². The van der Waals surface area contributed by atoms with Gasteiger partial charge < -0.3 is 21.1 Å². The molecule has 0 saturated carbocycles. The van der Waals surface area contributed by atoms with Gasteiger partial charge in [-0.1, -0.05) is 25.3 Å². The second kappa shape index (κ2) is 10.5. The normalized spacial score (nSPS) is 19.2. The number of piperidine rings is 1. The molecule has 4 N–H and O–H groups in total. The number of hydrogen-bond donors (Lipinski definition) is 3. The first kappa shape index (κ1) is 26.9. The summed E-state index contributed by atoms with van der Waals surface area (Å²) in [5.41, 5.74) is 3.44. The van der Waals surface area contributed by atoms with Crippen molar-refractivity contribution in [3.63, 3.8) is 0 Å². The zero-order chi connectivity index (χ0) is 26.7. The number of anilines is 1. The summed E-state index contributed by atoms with van der Waals surface area (Å²) in [7, 11) is 0. The summed E-state index contributed by atoms with van der Waals surface area (Å²) in [6, 6.07) is 3.33. The van der Waals surface area contributed by atoms with E-state index >= 15 is 0 Å². The molecule has 0 bridgehead atoms. The van der Waals surface area contributed by atoms with E-state index in [2.05, 4.69) is 28.4 Å². The minimum Gasteiger partial charge on any atom is -0.396 e. The fourth-order valence-electron chi connectivity index (χ4n) is 3.90. The number of β-amino-alcohol motifs (C(OH)–C–C–N with tert-alkyl or cyclic N) is 1. The number of nitrogen functional groups attached to an aromatic ring is 1. The summed E-state index contributed by atoms with van der Waals surface area (Å²) in [5.74, 6) is -2.00. The molecule has 0 spiro atoms. The van der Waals surface area contributed by atoms with E-state index in [1.165, 1.54) is 23.2 Å². The van der Waals surface area contributed by atoms with E-state index < -0.39 is 41.9 Å². The van der Waals surface area contributed by atoms with Gasteiger partial charge in [0, 0.05) is 6.54 Å². The van der Waals surface area contributed by atoms with Gasteiger partial charge in [0.05, 0.1) is 41.1 Å². The Morgan fingerprint density at radius 2 is 1.94 bits per heavy atom. The van der Waals surface area contributed by atoms with Gasteiger partial charge in [-0.3, -0.25) is 0 Å². The predicted molar refractivity (Wildman–Crippen MR) is 128 cm³/mol. The summed E-state index contributed by atoms with van der Waals surface area (Å²) in [4.78, 5) is 9.49. The number of alkyl halides is 3. The molecule has 1 aliphatic rings. The van der Waals surface area contributed by atoms with Crippen molar-refractivity contribution in [2.45, 2.75) is 31.5 Å². The lowest BCUT2D eigenvalue weighted by molar-refractivity contribution is -0.272. The number of rotatable bonds is 7. The molecule has 1 aliphatic heterocycles. The first-order valence-corrected chi connectivity index (χ1v) is 11.0. The van der Waals surface area contributed by atoms with E-state index in [0.29, 0.717) is 5.70 Å². The third-order valence-corrected chi connectivity index (χ3v) is 5.72. The van der Waals surface area contributed by atoms with Crippen molar-refractivity contribution in [2.75, 3.05) is 18.8 Å². The average Bonchev–Trinajstić information content (AvgIpc) is 2.81. The van der Waals surface area contributed by atoms with Gasteiger partial charge in [0.1, 0.15) is 17.3 Å². The molecule has 192 valence electrons. The van der Waals surface area contributed by atoms with Gasteiger partial charge in [-0.15, -0.1) is 0 Å². The molecule has 2 heterocycles. The molecule has 1 atom stereocenters. The quantitative estimate of drug-likeness (QED) is 0.364. The number of aliphatic hydroxyl groups is 1. The van der Waals surface area contributed by atoms with Crippen LogP contribution < -0.4 is 11.1 Å². The van der Waals surface area contributed by atoms with Crippen LogP contribution in [0.1, 0.15) is 25.5 Å². The molecular formula is C25H26F5N5O. The van der Waals surface area contributed by atoms with Crippen molar-refractivity contribution in [3.05, 3.63) is 84.5 Å². The Morgan fingerprint density at radius 1 is 1.28 bits per heavy atom. The Labute approximate surface area is 205 Å². The Balaban J connectivity index is 1.99. The number of halogens is 5. The molecule has 6 nitrogen and oxygen atoms in total. The zero-order valence-electron chi connectivity index (χ0n) is 19.5. The zero-order valence-corrected chi connectivity index (χ0v) is 19.5. The number of nitrogens with zero attached hydrogens (tertiary/aromatic N) is 3. The van der Waals surface area contributed by atoms with E-state index in [9.17, 15) is 27.1 Å². The van der Waals surface area contributed by atoms with E-state index in [4.69, 9.17) is 5.73 Å². The van der Waals surface area contributed by atoms with Gasteiger partial charge in [-0.2, -0.15) is 13.2 Å². The summed E-state index contributed by atoms with van der Waals surface area (Å²) >= 11 is 0. The van der Waals surface area contributed by atoms with Crippen LogP contribution in [0.3, 0.4) is 0 Å². The second-order valence-electron chi connectivity index (χ2n) is 8.26. The minimum absolute atomic E-state index is 0.0345. The summed E-state index contributed by atoms with van der Waals surface area (Å²) in [6.07, 6.45) is 0.647. The standard InChI is InChI=1S/C25H26F5N5O/c1-4-8-20(35-12-7-11-24(36,14-35)25(28,29)30)19(5-2)33-15(3)22-18(31)13-32-23(34-22)21-16(26)9-6-10-17(21)27/h4-6,8-10,13,33,36H,2-3,7,11-12,14,31H2,1H3/b8-4-,20-19-. The SMILES string of the molecule is C=C/C(NC(=C)c1nc(-c2c(F)cccc2F)ncc1N)=C(\C=C/C)N1CCCC(O)(C(F)(F)F)C1. The highest BCUT2D eigenvalue weighted by atomic mass is 19.4. The van der Waals surface area contributed by atoms with E-state index in [1.54, 1.807) is 19.1 Å². The molecular weight excluding hydrogens is 481 g/mol. The Kier molecular flexibility index (Phi) is 7.83. The third kappa shape index (κ3) is 5.40. The van der Waals surface area contributed by atoms with Gasteiger partial charge in [0.2, 0.25) is 0 Å². The van der Waals surface area contributed by atoms with Crippen molar-refractivity contribution < 1.29 is 27.1 Å². The summed E-state index contributed by atoms with van der Waals surface area (Å²) in [5, 5.41) is 13.2. The number of allylic oxidation sites excluding steroid dienone is 3. The van der Waals surface area contributed by atoms with E-state index in [0.717, 1.165) is 12.1 Å². The second-order valence-corrected chi connectivity index (χ2v) is 8.26.